The molecule has 1 saturated heterocycles. The number of aromatic nitrogens is 1. The van der Waals surface area contributed by atoms with E-state index in [-0.39, 0.29) is 6.61 Å². The van der Waals surface area contributed by atoms with Crippen molar-refractivity contribution in [2.45, 2.75) is 18.4 Å². The van der Waals surface area contributed by atoms with Crippen LogP contribution in [0.3, 0.4) is 0 Å². The number of hydrogen-bond acceptors (Lipinski definition) is 4. The molecular weight excluding hydrogens is 228 g/mol. The summed E-state index contributed by atoms with van der Waals surface area (Å²) in [4.78, 5) is 6.12. The van der Waals surface area contributed by atoms with Crippen LogP contribution < -0.4 is 4.90 Å². The van der Waals surface area contributed by atoms with Crippen LogP contribution in [-0.2, 0) is 0 Å². The van der Waals surface area contributed by atoms with Crippen LogP contribution in [-0.4, -0.2) is 40.5 Å². The number of aliphatic hydroxyl groups excluding tert-OH is 1. The number of rotatable bonds is 2. The number of aliphatic hydroxyl groups is 2. The summed E-state index contributed by atoms with van der Waals surface area (Å²) in [7, 11) is 0. The van der Waals surface area contributed by atoms with Gasteiger partial charge in [-0.3, -0.25) is 0 Å². The van der Waals surface area contributed by atoms with Crippen LogP contribution in [0.25, 0.3) is 0 Å². The minimum Gasteiger partial charge on any atom is -0.393 e. The van der Waals surface area contributed by atoms with Crippen molar-refractivity contribution in [1.82, 2.24) is 4.98 Å². The highest BCUT2D eigenvalue weighted by Crippen LogP contribution is 2.28. The minimum absolute atomic E-state index is 0.228. The van der Waals surface area contributed by atoms with Gasteiger partial charge in [0.25, 0.3) is 0 Å². The molecule has 2 N–H and O–H groups in total. The quantitative estimate of drug-likeness (QED) is 0.814. The summed E-state index contributed by atoms with van der Waals surface area (Å²) in [6.45, 7) is 0.952. The zero-order valence-electron chi connectivity index (χ0n) is 8.93. The Morgan fingerprint density at radius 2 is 2.38 bits per heavy atom. The molecule has 0 spiro atoms. The van der Waals surface area contributed by atoms with E-state index in [1.807, 2.05) is 4.90 Å². The first-order chi connectivity index (χ1) is 7.64. The van der Waals surface area contributed by atoms with Crippen LogP contribution in [0, 0.1) is 0 Å². The second kappa shape index (κ2) is 4.57. The van der Waals surface area contributed by atoms with Crippen LogP contribution in [0.1, 0.15) is 12.8 Å². The summed E-state index contributed by atoms with van der Waals surface area (Å²) in [5.74, 6) is 0.677. The molecule has 0 saturated carbocycles. The largest absolute Gasteiger partial charge is 0.393 e. The molecule has 0 aromatic carbocycles. The fourth-order valence-electron chi connectivity index (χ4n) is 2.03. The maximum Gasteiger partial charge on any atom is 0.147 e. The first-order valence-electron chi connectivity index (χ1n) is 5.33. The minimum atomic E-state index is -1.03. The molecule has 1 fully saturated rings. The SMILES string of the molecule is OC[C@]1(O)CCCN(c2ncccc2Cl)C1. The van der Waals surface area contributed by atoms with Crippen molar-refractivity contribution in [1.29, 1.82) is 0 Å². The number of anilines is 1. The van der Waals surface area contributed by atoms with Crippen molar-refractivity contribution in [2.24, 2.45) is 0 Å². The van der Waals surface area contributed by atoms with Gasteiger partial charge >= 0.3 is 0 Å². The molecule has 1 aromatic rings. The molecule has 2 rings (SSSR count). The second-order valence-electron chi connectivity index (χ2n) is 4.22. The monoisotopic (exact) mass is 242 g/mol. The third-order valence-electron chi connectivity index (χ3n) is 2.89. The Bertz CT molecular complexity index is 375. The number of nitrogens with zero attached hydrogens (tertiary/aromatic N) is 2. The van der Waals surface area contributed by atoms with Crippen LogP contribution in [0.2, 0.25) is 5.02 Å². The summed E-state index contributed by atoms with van der Waals surface area (Å²) >= 11 is 6.05. The Labute approximate surface area is 99.5 Å². The molecule has 88 valence electrons. The zero-order chi connectivity index (χ0) is 11.6. The van der Waals surface area contributed by atoms with Gasteiger partial charge in [-0.05, 0) is 25.0 Å². The molecule has 5 heteroatoms. The Hall–Kier alpha value is -0.840. The number of pyridine rings is 1. The molecule has 1 aromatic heterocycles. The maximum absolute atomic E-state index is 10.0. The van der Waals surface area contributed by atoms with Gasteiger partial charge in [-0.1, -0.05) is 11.6 Å². The predicted octanol–water partition coefficient (Wildman–Crippen LogP) is 1.06. The molecule has 0 aliphatic carbocycles. The van der Waals surface area contributed by atoms with Crippen LogP contribution >= 0.6 is 11.6 Å². The van der Waals surface area contributed by atoms with E-state index >= 15 is 0 Å². The summed E-state index contributed by atoms with van der Waals surface area (Å²) < 4.78 is 0. The van der Waals surface area contributed by atoms with E-state index in [1.54, 1.807) is 18.3 Å². The highest BCUT2D eigenvalue weighted by molar-refractivity contribution is 6.32. The van der Waals surface area contributed by atoms with Gasteiger partial charge in [0.2, 0.25) is 0 Å². The van der Waals surface area contributed by atoms with Gasteiger partial charge in [0.15, 0.2) is 0 Å². The van der Waals surface area contributed by atoms with Crippen LogP contribution in [0.4, 0.5) is 5.82 Å². The second-order valence-corrected chi connectivity index (χ2v) is 4.62. The van der Waals surface area contributed by atoms with E-state index in [0.29, 0.717) is 23.8 Å². The normalized spacial score (nSPS) is 25.8. The Morgan fingerprint density at radius 3 is 3.06 bits per heavy atom. The van der Waals surface area contributed by atoms with Crippen molar-refractivity contribution in [3.05, 3.63) is 23.4 Å². The topological polar surface area (TPSA) is 56.6 Å². The lowest BCUT2D eigenvalue weighted by molar-refractivity contribution is -0.0242. The van der Waals surface area contributed by atoms with Crippen molar-refractivity contribution < 1.29 is 10.2 Å². The third kappa shape index (κ3) is 2.29. The van der Waals surface area contributed by atoms with E-state index in [4.69, 9.17) is 16.7 Å². The fraction of sp³-hybridized carbons (Fsp3) is 0.545. The number of piperidine rings is 1. The predicted molar refractivity (Wildman–Crippen MR) is 62.7 cm³/mol. The van der Waals surface area contributed by atoms with Crippen molar-refractivity contribution in [2.75, 3.05) is 24.6 Å². The lowest BCUT2D eigenvalue weighted by Crippen LogP contribution is -2.50. The van der Waals surface area contributed by atoms with Crippen molar-refractivity contribution >= 4 is 17.4 Å². The first kappa shape index (κ1) is 11.6. The van der Waals surface area contributed by atoms with Gasteiger partial charge < -0.3 is 15.1 Å². The summed E-state index contributed by atoms with van der Waals surface area (Å²) in [5, 5.41) is 19.8. The van der Waals surface area contributed by atoms with Crippen molar-refractivity contribution in [3.63, 3.8) is 0 Å². The molecule has 16 heavy (non-hydrogen) atoms. The molecule has 1 aliphatic rings. The molecule has 1 atom stereocenters. The van der Waals surface area contributed by atoms with Crippen molar-refractivity contribution in [3.8, 4) is 0 Å². The Balaban J connectivity index is 2.19. The lowest BCUT2D eigenvalue weighted by Gasteiger charge is -2.38. The average Bonchev–Trinajstić information content (AvgIpc) is 2.30. The molecule has 4 nitrogen and oxygen atoms in total. The summed E-state index contributed by atoms with van der Waals surface area (Å²) in [5.41, 5.74) is -1.03. The third-order valence-corrected chi connectivity index (χ3v) is 3.18. The van der Waals surface area contributed by atoms with Gasteiger partial charge in [-0.25, -0.2) is 4.98 Å². The molecule has 0 radical (unpaired) electrons. The molecule has 0 bridgehead atoms. The maximum atomic E-state index is 10.0. The molecule has 1 aliphatic heterocycles. The van der Waals surface area contributed by atoms with E-state index in [1.165, 1.54) is 0 Å². The van der Waals surface area contributed by atoms with Gasteiger partial charge in [0, 0.05) is 12.7 Å². The Morgan fingerprint density at radius 1 is 1.56 bits per heavy atom. The smallest absolute Gasteiger partial charge is 0.147 e. The van der Waals surface area contributed by atoms with E-state index in [0.717, 1.165) is 13.0 Å². The van der Waals surface area contributed by atoms with E-state index in [2.05, 4.69) is 4.98 Å². The number of halogens is 1. The highest BCUT2D eigenvalue weighted by Gasteiger charge is 2.33. The van der Waals surface area contributed by atoms with Gasteiger partial charge in [0.1, 0.15) is 11.4 Å². The van der Waals surface area contributed by atoms with Crippen LogP contribution in [0.15, 0.2) is 18.3 Å². The molecular formula is C11H15ClN2O2. The van der Waals surface area contributed by atoms with Gasteiger partial charge in [-0.15, -0.1) is 0 Å². The summed E-state index contributed by atoms with van der Waals surface area (Å²) in [6, 6.07) is 3.55. The number of β-amino-alcohol motifs (C(OH)–C–C–N with tert-alkyl or cyclic N) is 1. The van der Waals surface area contributed by atoms with E-state index in [9.17, 15) is 5.11 Å². The van der Waals surface area contributed by atoms with Crippen LogP contribution in [0.5, 0.6) is 0 Å². The lowest BCUT2D eigenvalue weighted by atomic mass is 9.94. The Kier molecular flexibility index (Phi) is 3.33. The number of hydrogen-bond donors (Lipinski definition) is 2. The standard InChI is InChI=1S/C11H15ClN2O2/c12-9-3-1-5-13-10(9)14-6-2-4-11(16,7-14)8-15/h1,3,5,15-16H,2,4,6-8H2/t11-/m0/s1. The highest BCUT2D eigenvalue weighted by atomic mass is 35.5. The van der Waals surface area contributed by atoms with E-state index < -0.39 is 5.60 Å². The fourth-order valence-corrected chi connectivity index (χ4v) is 2.27. The summed E-state index contributed by atoms with van der Waals surface area (Å²) in [6.07, 6.45) is 3.11. The molecule has 0 unspecified atom stereocenters. The first-order valence-corrected chi connectivity index (χ1v) is 5.71. The molecule has 2 heterocycles. The average molecular weight is 243 g/mol. The van der Waals surface area contributed by atoms with Gasteiger partial charge in [-0.2, -0.15) is 0 Å². The van der Waals surface area contributed by atoms with Gasteiger partial charge in [0.05, 0.1) is 18.2 Å². The molecule has 0 amide bonds. The zero-order valence-corrected chi connectivity index (χ0v) is 9.69.